The summed E-state index contributed by atoms with van der Waals surface area (Å²) in [5.74, 6) is -1.26. The Hall–Kier alpha value is -1.58. The predicted molar refractivity (Wildman–Crippen MR) is 68.3 cm³/mol. The highest BCUT2D eigenvalue weighted by Gasteiger charge is 2.57. The maximum absolute atomic E-state index is 12.0. The summed E-state index contributed by atoms with van der Waals surface area (Å²) in [6.45, 7) is 5.90. The van der Waals surface area contributed by atoms with Gasteiger partial charge in [0.2, 0.25) is 0 Å². The summed E-state index contributed by atoms with van der Waals surface area (Å²) in [7, 11) is 2.53. The first kappa shape index (κ1) is 15.5. The van der Waals surface area contributed by atoms with E-state index in [0.29, 0.717) is 13.0 Å². The summed E-state index contributed by atoms with van der Waals surface area (Å²) in [5.41, 5.74) is 1.40. The van der Waals surface area contributed by atoms with Gasteiger partial charge in [-0.05, 0) is 19.4 Å². The Morgan fingerprint density at radius 1 is 1.32 bits per heavy atom. The lowest BCUT2D eigenvalue weighted by Gasteiger charge is -2.22. The van der Waals surface area contributed by atoms with Crippen molar-refractivity contribution >= 4 is 11.9 Å². The van der Waals surface area contributed by atoms with Crippen LogP contribution in [0.4, 0.5) is 0 Å². The fourth-order valence-electron chi connectivity index (χ4n) is 2.63. The van der Waals surface area contributed by atoms with Crippen LogP contribution >= 0.6 is 0 Å². The predicted octanol–water partition coefficient (Wildman–Crippen LogP) is 1.47. The number of ether oxygens (including phenoxy) is 3. The van der Waals surface area contributed by atoms with Crippen molar-refractivity contribution in [3.63, 3.8) is 0 Å². The summed E-state index contributed by atoms with van der Waals surface area (Å²) < 4.78 is 15.1. The van der Waals surface area contributed by atoms with Gasteiger partial charge in [-0.25, -0.2) is 0 Å². The van der Waals surface area contributed by atoms with Crippen LogP contribution in [0.25, 0.3) is 0 Å². The van der Waals surface area contributed by atoms with E-state index in [-0.39, 0.29) is 18.4 Å². The maximum Gasteiger partial charge on any atom is 0.323 e. The Labute approximate surface area is 113 Å². The minimum Gasteiger partial charge on any atom is -0.468 e. The lowest BCUT2D eigenvalue weighted by molar-refractivity contribution is -0.169. The number of esters is 2. The topological polar surface area (TPSA) is 61.8 Å². The molecule has 2 atom stereocenters. The number of carbonyl (C=O) groups is 2. The number of hydrogen-bond donors (Lipinski definition) is 0. The molecule has 0 aromatic rings. The van der Waals surface area contributed by atoms with Gasteiger partial charge in [0.1, 0.15) is 0 Å². The molecule has 1 rings (SSSR count). The van der Waals surface area contributed by atoms with E-state index in [1.165, 1.54) is 14.2 Å². The van der Waals surface area contributed by atoms with Crippen LogP contribution in [0.2, 0.25) is 0 Å². The van der Waals surface area contributed by atoms with Gasteiger partial charge in [0.25, 0.3) is 0 Å². The SMILES string of the molecule is C=C=C[C@H]1CC(C(=O)OC)(C(=O)OC)C[C@@H]1OCC. The Morgan fingerprint density at radius 2 is 1.89 bits per heavy atom. The van der Waals surface area contributed by atoms with Gasteiger partial charge in [-0.1, -0.05) is 6.58 Å². The standard InChI is InChI=1S/C14H20O5/c1-5-7-10-8-14(12(15)17-3,13(16)18-4)9-11(10)19-6-2/h7,10-11H,1,6,8-9H2,2-4H3/t10-,11-/m0/s1. The second-order valence-electron chi connectivity index (χ2n) is 4.50. The van der Waals surface area contributed by atoms with Gasteiger partial charge in [0.15, 0.2) is 5.41 Å². The fraction of sp³-hybridized carbons (Fsp3) is 0.643. The van der Waals surface area contributed by atoms with Crippen LogP contribution in [0.1, 0.15) is 19.8 Å². The smallest absolute Gasteiger partial charge is 0.323 e. The van der Waals surface area contributed by atoms with Gasteiger partial charge in [0.05, 0.1) is 20.3 Å². The number of rotatable bonds is 5. The first-order valence-corrected chi connectivity index (χ1v) is 6.20. The Kier molecular flexibility index (Phi) is 5.33. The van der Waals surface area contributed by atoms with Crippen LogP contribution in [0.15, 0.2) is 18.4 Å². The number of hydrogen-bond acceptors (Lipinski definition) is 5. The van der Waals surface area contributed by atoms with E-state index < -0.39 is 17.4 Å². The van der Waals surface area contributed by atoms with Crippen LogP contribution in [0, 0.1) is 11.3 Å². The lowest BCUT2D eigenvalue weighted by Crippen LogP contribution is -2.39. The van der Waals surface area contributed by atoms with Crippen molar-refractivity contribution in [3.8, 4) is 0 Å². The summed E-state index contributed by atoms with van der Waals surface area (Å²) in [4.78, 5) is 24.0. The first-order valence-electron chi connectivity index (χ1n) is 6.20. The molecule has 0 bridgehead atoms. The van der Waals surface area contributed by atoms with Gasteiger partial charge in [0, 0.05) is 18.9 Å². The lowest BCUT2D eigenvalue weighted by atomic mass is 9.85. The molecule has 0 heterocycles. The molecule has 5 heteroatoms. The van der Waals surface area contributed by atoms with Crippen molar-refractivity contribution in [2.75, 3.05) is 20.8 Å². The zero-order chi connectivity index (χ0) is 14.5. The normalized spacial score (nSPS) is 24.4. The second-order valence-corrected chi connectivity index (χ2v) is 4.50. The molecule has 0 N–H and O–H groups in total. The Bertz CT molecular complexity index is 379. The third kappa shape index (κ3) is 2.88. The minimum atomic E-state index is -1.29. The van der Waals surface area contributed by atoms with Crippen LogP contribution in [0.5, 0.6) is 0 Å². The van der Waals surface area contributed by atoms with E-state index in [4.69, 9.17) is 14.2 Å². The van der Waals surface area contributed by atoms with E-state index in [0.717, 1.165) is 0 Å². The quantitative estimate of drug-likeness (QED) is 0.429. The van der Waals surface area contributed by atoms with Crippen LogP contribution in [-0.2, 0) is 23.8 Å². The molecule has 1 fully saturated rings. The van der Waals surface area contributed by atoms with Gasteiger partial charge < -0.3 is 14.2 Å². The van der Waals surface area contributed by atoms with Gasteiger partial charge in [-0.15, -0.1) is 5.73 Å². The highest BCUT2D eigenvalue weighted by molar-refractivity contribution is 6.00. The molecule has 5 nitrogen and oxygen atoms in total. The Balaban J connectivity index is 3.10. The van der Waals surface area contributed by atoms with Crippen LogP contribution in [0.3, 0.4) is 0 Å². The van der Waals surface area contributed by atoms with Crippen molar-refractivity contribution in [1.29, 1.82) is 0 Å². The van der Waals surface area contributed by atoms with Crippen molar-refractivity contribution in [2.45, 2.75) is 25.9 Å². The van der Waals surface area contributed by atoms with E-state index >= 15 is 0 Å². The van der Waals surface area contributed by atoms with Crippen LogP contribution < -0.4 is 0 Å². The van der Waals surface area contributed by atoms with Gasteiger partial charge >= 0.3 is 11.9 Å². The third-order valence-electron chi connectivity index (χ3n) is 3.48. The molecular weight excluding hydrogens is 248 g/mol. The molecule has 0 unspecified atom stereocenters. The molecule has 0 radical (unpaired) electrons. The van der Waals surface area contributed by atoms with E-state index in [1.807, 2.05) is 6.92 Å². The monoisotopic (exact) mass is 268 g/mol. The fourth-order valence-corrected chi connectivity index (χ4v) is 2.63. The van der Waals surface area contributed by atoms with Crippen molar-refractivity contribution in [2.24, 2.45) is 11.3 Å². The van der Waals surface area contributed by atoms with Gasteiger partial charge in [-0.2, -0.15) is 0 Å². The zero-order valence-electron chi connectivity index (χ0n) is 11.6. The molecule has 0 aromatic heterocycles. The molecule has 1 aliphatic rings. The van der Waals surface area contributed by atoms with Gasteiger partial charge in [-0.3, -0.25) is 9.59 Å². The number of carbonyl (C=O) groups excluding carboxylic acids is 2. The molecule has 0 aliphatic heterocycles. The van der Waals surface area contributed by atoms with E-state index in [9.17, 15) is 9.59 Å². The van der Waals surface area contributed by atoms with Crippen molar-refractivity contribution in [1.82, 2.24) is 0 Å². The summed E-state index contributed by atoms with van der Waals surface area (Å²) >= 11 is 0. The summed E-state index contributed by atoms with van der Waals surface area (Å²) in [6.07, 6.45) is 2.04. The largest absolute Gasteiger partial charge is 0.468 e. The average Bonchev–Trinajstić information content (AvgIpc) is 2.78. The van der Waals surface area contributed by atoms with Crippen molar-refractivity contribution < 1.29 is 23.8 Å². The molecule has 106 valence electrons. The average molecular weight is 268 g/mol. The summed E-state index contributed by atoms with van der Waals surface area (Å²) in [5, 5.41) is 0. The first-order chi connectivity index (χ1) is 9.05. The molecule has 0 amide bonds. The molecule has 0 spiro atoms. The minimum absolute atomic E-state index is 0.101. The summed E-state index contributed by atoms with van der Waals surface area (Å²) in [6, 6.07) is 0. The zero-order valence-corrected chi connectivity index (χ0v) is 11.6. The molecule has 0 aromatic carbocycles. The molecule has 0 saturated heterocycles. The Morgan fingerprint density at radius 3 is 2.32 bits per heavy atom. The highest BCUT2D eigenvalue weighted by atomic mass is 16.5. The molecule has 19 heavy (non-hydrogen) atoms. The third-order valence-corrected chi connectivity index (χ3v) is 3.48. The number of methoxy groups -OCH3 is 2. The van der Waals surface area contributed by atoms with Crippen molar-refractivity contribution in [3.05, 3.63) is 18.4 Å². The van der Waals surface area contributed by atoms with E-state index in [2.05, 4.69) is 12.3 Å². The molecule has 1 aliphatic carbocycles. The van der Waals surface area contributed by atoms with Crippen LogP contribution in [-0.4, -0.2) is 38.9 Å². The molecule has 1 saturated carbocycles. The van der Waals surface area contributed by atoms with E-state index in [1.54, 1.807) is 6.08 Å². The molecular formula is C14H20O5. The highest BCUT2D eigenvalue weighted by Crippen LogP contribution is 2.45. The second kappa shape index (κ2) is 6.55. The maximum atomic E-state index is 12.0.